The Labute approximate surface area is 155 Å². The Morgan fingerprint density at radius 1 is 0.769 bits per heavy atom. The molecule has 0 aliphatic carbocycles. The molecule has 152 valence electrons. The molecule has 0 fully saturated rings. The smallest absolute Gasteiger partial charge is 0.403 e. The standard InChI is InChI=1S/C17H34N4O5/c1-7-9-11-16(13(18)22,20(3)4)25-15(24)26-17(14(19)23,21(5)6)12-10-8-2/h7-12H2,1-6H3,(H2,18,22)(H2,19,23). The maximum Gasteiger partial charge on any atom is 0.512 e. The molecule has 4 N–H and O–H groups in total. The van der Waals surface area contributed by atoms with Crippen LogP contribution in [0, 0.1) is 0 Å². The Bertz CT molecular complexity index is 456. The van der Waals surface area contributed by atoms with E-state index < -0.39 is 29.4 Å². The second-order valence-corrected chi connectivity index (χ2v) is 6.75. The Morgan fingerprint density at radius 3 is 1.27 bits per heavy atom. The van der Waals surface area contributed by atoms with Gasteiger partial charge in [-0.1, -0.05) is 26.7 Å². The summed E-state index contributed by atoms with van der Waals surface area (Å²) in [5.74, 6) is -1.62. The van der Waals surface area contributed by atoms with Crippen LogP contribution in [0.25, 0.3) is 0 Å². The first-order valence-electron chi connectivity index (χ1n) is 8.86. The molecule has 2 unspecified atom stereocenters. The molecule has 9 nitrogen and oxygen atoms in total. The zero-order chi connectivity index (χ0) is 20.5. The van der Waals surface area contributed by atoms with Gasteiger partial charge in [-0.3, -0.25) is 19.4 Å². The molecule has 26 heavy (non-hydrogen) atoms. The fourth-order valence-electron chi connectivity index (χ4n) is 2.65. The van der Waals surface area contributed by atoms with Crippen LogP contribution in [0.1, 0.15) is 52.4 Å². The minimum atomic E-state index is -1.66. The van der Waals surface area contributed by atoms with Gasteiger partial charge in [0.25, 0.3) is 11.8 Å². The first-order chi connectivity index (χ1) is 12.0. The quantitative estimate of drug-likeness (QED) is 0.385. The van der Waals surface area contributed by atoms with E-state index in [9.17, 15) is 14.4 Å². The average molecular weight is 374 g/mol. The first kappa shape index (κ1) is 24.1. The van der Waals surface area contributed by atoms with Crippen molar-refractivity contribution >= 4 is 18.0 Å². The lowest BCUT2D eigenvalue weighted by Gasteiger charge is -2.39. The molecule has 0 aliphatic heterocycles. The van der Waals surface area contributed by atoms with E-state index in [1.807, 2.05) is 13.8 Å². The van der Waals surface area contributed by atoms with Crippen molar-refractivity contribution < 1.29 is 23.9 Å². The lowest BCUT2D eigenvalue weighted by Crippen LogP contribution is -2.61. The van der Waals surface area contributed by atoms with Crippen molar-refractivity contribution in [1.29, 1.82) is 0 Å². The summed E-state index contributed by atoms with van der Waals surface area (Å²) in [6.45, 7) is 3.88. The largest absolute Gasteiger partial charge is 0.512 e. The molecular weight excluding hydrogens is 340 g/mol. The number of nitrogens with two attached hydrogens (primary N) is 2. The third kappa shape index (κ3) is 5.57. The van der Waals surface area contributed by atoms with Gasteiger partial charge in [-0.05, 0) is 41.0 Å². The molecule has 0 aromatic rings. The fourth-order valence-corrected chi connectivity index (χ4v) is 2.65. The Balaban J connectivity index is 5.63. The van der Waals surface area contributed by atoms with Crippen molar-refractivity contribution in [2.24, 2.45) is 11.5 Å². The van der Waals surface area contributed by atoms with Crippen LogP contribution in [0.5, 0.6) is 0 Å². The molecule has 0 aromatic carbocycles. The van der Waals surface area contributed by atoms with Crippen molar-refractivity contribution in [3.8, 4) is 0 Å². The lowest BCUT2D eigenvalue weighted by molar-refractivity contribution is -0.184. The molecule has 0 heterocycles. The molecule has 0 aliphatic rings. The monoisotopic (exact) mass is 374 g/mol. The number of amides is 2. The number of carbonyl (C=O) groups excluding carboxylic acids is 3. The van der Waals surface area contributed by atoms with Crippen LogP contribution in [0.2, 0.25) is 0 Å². The number of nitrogens with zero attached hydrogens (tertiary/aromatic N) is 2. The molecule has 2 amide bonds. The Kier molecular flexibility index (Phi) is 9.58. The molecule has 0 spiro atoms. The molecular formula is C17H34N4O5. The predicted molar refractivity (Wildman–Crippen MR) is 97.8 cm³/mol. The summed E-state index contributed by atoms with van der Waals surface area (Å²) in [5.41, 5.74) is 7.70. The van der Waals surface area contributed by atoms with Gasteiger partial charge in [-0.15, -0.1) is 0 Å². The van der Waals surface area contributed by atoms with Gasteiger partial charge >= 0.3 is 6.16 Å². The summed E-state index contributed by atoms with van der Waals surface area (Å²) < 4.78 is 10.7. The van der Waals surface area contributed by atoms with Crippen LogP contribution >= 0.6 is 0 Å². The second kappa shape index (κ2) is 10.3. The van der Waals surface area contributed by atoms with Gasteiger partial charge in [0.1, 0.15) is 0 Å². The average Bonchev–Trinajstić information content (AvgIpc) is 2.54. The summed E-state index contributed by atoms with van der Waals surface area (Å²) in [6.07, 6.45) is 2.03. The summed E-state index contributed by atoms with van der Waals surface area (Å²) in [5, 5.41) is 0. The highest BCUT2D eigenvalue weighted by atomic mass is 16.8. The van der Waals surface area contributed by atoms with Crippen LogP contribution in [-0.4, -0.2) is 67.4 Å². The second-order valence-electron chi connectivity index (χ2n) is 6.75. The molecule has 0 bridgehead atoms. The minimum absolute atomic E-state index is 0.210. The number of likely N-dealkylation sites (N-methyl/N-ethyl adjacent to an activating group) is 2. The number of unbranched alkanes of at least 4 members (excludes halogenated alkanes) is 2. The molecule has 0 saturated carbocycles. The third-order valence-electron chi connectivity index (χ3n) is 4.46. The number of carbonyl (C=O) groups is 3. The van der Waals surface area contributed by atoms with Crippen molar-refractivity contribution in [1.82, 2.24) is 9.80 Å². The summed E-state index contributed by atoms with van der Waals surface area (Å²) in [7, 11) is 6.33. The maximum absolute atomic E-state index is 12.5. The summed E-state index contributed by atoms with van der Waals surface area (Å²) >= 11 is 0. The highest BCUT2D eigenvalue weighted by Crippen LogP contribution is 2.27. The highest BCUT2D eigenvalue weighted by molar-refractivity contribution is 5.87. The maximum atomic E-state index is 12.5. The van der Waals surface area contributed by atoms with Crippen LogP contribution in [0.3, 0.4) is 0 Å². The first-order valence-corrected chi connectivity index (χ1v) is 8.86. The van der Waals surface area contributed by atoms with Crippen LogP contribution in [0.4, 0.5) is 4.79 Å². The van der Waals surface area contributed by atoms with E-state index in [-0.39, 0.29) is 12.8 Å². The number of ether oxygens (including phenoxy) is 2. The summed E-state index contributed by atoms with van der Waals surface area (Å²) in [4.78, 5) is 39.5. The zero-order valence-corrected chi connectivity index (χ0v) is 16.8. The van der Waals surface area contributed by atoms with Crippen molar-refractivity contribution in [2.45, 2.75) is 63.8 Å². The van der Waals surface area contributed by atoms with Gasteiger partial charge in [0.15, 0.2) is 0 Å². The fraction of sp³-hybridized carbons (Fsp3) is 0.824. The molecule has 0 aromatic heterocycles. The van der Waals surface area contributed by atoms with Gasteiger partial charge in [-0.2, -0.15) is 0 Å². The van der Waals surface area contributed by atoms with E-state index in [2.05, 4.69) is 0 Å². The molecule has 2 atom stereocenters. The molecule has 0 rings (SSSR count). The van der Waals surface area contributed by atoms with Crippen LogP contribution < -0.4 is 11.5 Å². The van der Waals surface area contributed by atoms with E-state index in [4.69, 9.17) is 20.9 Å². The van der Waals surface area contributed by atoms with E-state index in [1.165, 1.54) is 9.80 Å². The van der Waals surface area contributed by atoms with Crippen LogP contribution in [-0.2, 0) is 19.1 Å². The zero-order valence-electron chi connectivity index (χ0n) is 16.8. The molecule has 9 heteroatoms. The van der Waals surface area contributed by atoms with Gasteiger partial charge in [-0.25, -0.2) is 4.79 Å². The molecule has 0 radical (unpaired) electrons. The van der Waals surface area contributed by atoms with Crippen molar-refractivity contribution in [3.05, 3.63) is 0 Å². The number of hydrogen-bond donors (Lipinski definition) is 2. The lowest BCUT2D eigenvalue weighted by atomic mass is 10.0. The van der Waals surface area contributed by atoms with Crippen LogP contribution in [0.15, 0.2) is 0 Å². The van der Waals surface area contributed by atoms with Gasteiger partial charge in [0.2, 0.25) is 11.4 Å². The van der Waals surface area contributed by atoms with Crippen molar-refractivity contribution in [3.63, 3.8) is 0 Å². The van der Waals surface area contributed by atoms with Gasteiger partial charge in [0.05, 0.1) is 0 Å². The number of hydrogen-bond acceptors (Lipinski definition) is 7. The highest BCUT2D eigenvalue weighted by Gasteiger charge is 2.48. The summed E-state index contributed by atoms with van der Waals surface area (Å²) in [6, 6.07) is 0. The molecule has 0 saturated heterocycles. The Morgan fingerprint density at radius 2 is 1.08 bits per heavy atom. The predicted octanol–water partition coefficient (Wildman–Crippen LogP) is 1.01. The van der Waals surface area contributed by atoms with Gasteiger partial charge < -0.3 is 20.9 Å². The van der Waals surface area contributed by atoms with E-state index >= 15 is 0 Å². The van der Waals surface area contributed by atoms with E-state index in [0.717, 1.165) is 12.8 Å². The number of primary amides is 2. The normalized spacial score (nSPS) is 16.0. The van der Waals surface area contributed by atoms with E-state index in [1.54, 1.807) is 28.2 Å². The van der Waals surface area contributed by atoms with Gasteiger partial charge in [0, 0.05) is 12.8 Å². The van der Waals surface area contributed by atoms with Crippen molar-refractivity contribution in [2.75, 3.05) is 28.2 Å². The topological polar surface area (TPSA) is 128 Å². The van der Waals surface area contributed by atoms with E-state index in [0.29, 0.717) is 12.8 Å². The number of rotatable bonds is 12. The SMILES string of the molecule is CCCCC(OC(=O)OC(CCCC)(C(N)=O)N(C)C)(C(N)=O)N(C)C. The third-order valence-corrected chi connectivity index (χ3v) is 4.46. The minimum Gasteiger partial charge on any atom is -0.403 e. The Hall–Kier alpha value is -1.87.